The van der Waals surface area contributed by atoms with Crippen molar-refractivity contribution in [1.82, 2.24) is 4.98 Å². The molecular weight excluding hydrogens is 502 g/mol. The molecule has 7 heteroatoms. The Balaban J connectivity index is 1.38. The number of aromatic amines is 1. The van der Waals surface area contributed by atoms with Crippen molar-refractivity contribution >= 4 is 39.9 Å². The second-order valence-electron chi connectivity index (χ2n) is 9.70. The van der Waals surface area contributed by atoms with E-state index in [1.165, 1.54) is 7.11 Å². The number of aromatic hydroxyl groups is 1. The standard InChI is InChI=1S/C33H27N3O4/c1-40-33(39)24-12-14-26-27(20-24)35-32(38)30(26)31(22-10-6-3-7-11-22)34-25-13-15-28-23(19-25)16-17-36(28)29(37)18-21-8-4-2-5-9-21/h2-15,19-20,35,38H,16-18H2,1H3. The average Bonchev–Trinajstić information content (AvgIpc) is 3.56. The van der Waals surface area contributed by atoms with E-state index in [1.54, 1.807) is 18.2 Å². The number of nitrogens with one attached hydrogen (secondary N) is 1. The van der Waals surface area contributed by atoms with Crippen LogP contribution in [0.4, 0.5) is 11.4 Å². The number of esters is 1. The molecule has 0 spiro atoms. The molecule has 0 saturated carbocycles. The van der Waals surface area contributed by atoms with Crippen LogP contribution in [-0.2, 0) is 22.4 Å². The highest BCUT2D eigenvalue weighted by molar-refractivity contribution is 6.22. The summed E-state index contributed by atoms with van der Waals surface area (Å²) in [4.78, 5) is 35.0. The molecule has 0 aliphatic carbocycles. The van der Waals surface area contributed by atoms with Gasteiger partial charge in [0.15, 0.2) is 5.88 Å². The van der Waals surface area contributed by atoms with Crippen LogP contribution in [0, 0.1) is 0 Å². The maximum atomic E-state index is 13.1. The quantitative estimate of drug-likeness (QED) is 0.210. The highest BCUT2D eigenvalue weighted by Gasteiger charge is 2.25. The Hall–Kier alpha value is -5.17. The van der Waals surface area contributed by atoms with E-state index in [-0.39, 0.29) is 11.8 Å². The number of methoxy groups -OCH3 is 1. The van der Waals surface area contributed by atoms with Crippen molar-refractivity contribution in [3.05, 3.63) is 125 Å². The Morgan fingerprint density at radius 2 is 1.68 bits per heavy atom. The molecule has 4 aromatic carbocycles. The SMILES string of the molecule is COC(=O)c1ccc2c(C(=Nc3ccc4c(c3)CCN4C(=O)Cc3ccccc3)c3ccccc3)c(O)[nH]c2c1. The fourth-order valence-electron chi connectivity index (χ4n) is 5.24. The van der Waals surface area contributed by atoms with Gasteiger partial charge in [-0.25, -0.2) is 9.79 Å². The first-order valence-electron chi connectivity index (χ1n) is 13.1. The van der Waals surface area contributed by atoms with Crippen molar-refractivity contribution in [2.75, 3.05) is 18.6 Å². The van der Waals surface area contributed by atoms with Gasteiger partial charge in [-0.1, -0.05) is 66.7 Å². The third-order valence-electron chi connectivity index (χ3n) is 7.18. The van der Waals surface area contributed by atoms with Crippen LogP contribution in [0.15, 0.2) is 102 Å². The number of hydrogen-bond acceptors (Lipinski definition) is 5. The molecule has 0 radical (unpaired) electrons. The molecule has 1 aliphatic heterocycles. The zero-order valence-corrected chi connectivity index (χ0v) is 21.9. The number of aromatic nitrogens is 1. The molecule has 5 aromatic rings. The lowest BCUT2D eigenvalue weighted by atomic mass is 10.00. The monoisotopic (exact) mass is 529 g/mol. The minimum atomic E-state index is -0.455. The molecule has 0 atom stereocenters. The summed E-state index contributed by atoms with van der Waals surface area (Å²) in [6.07, 6.45) is 1.10. The molecule has 0 bridgehead atoms. The van der Waals surface area contributed by atoms with Gasteiger partial charge >= 0.3 is 5.97 Å². The first-order chi connectivity index (χ1) is 19.5. The van der Waals surface area contributed by atoms with E-state index in [0.717, 1.165) is 39.9 Å². The molecule has 1 amide bonds. The van der Waals surface area contributed by atoms with Crippen molar-refractivity contribution in [1.29, 1.82) is 0 Å². The third kappa shape index (κ3) is 4.73. The van der Waals surface area contributed by atoms with E-state index in [1.807, 2.05) is 83.8 Å². The molecule has 198 valence electrons. The number of hydrogen-bond donors (Lipinski definition) is 2. The van der Waals surface area contributed by atoms with Gasteiger partial charge in [0.2, 0.25) is 5.91 Å². The Labute approximate surface area is 231 Å². The van der Waals surface area contributed by atoms with Gasteiger partial charge in [0.1, 0.15) is 0 Å². The van der Waals surface area contributed by atoms with Gasteiger partial charge in [-0.2, -0.15) is 0 Å². The summed E-state index contributed by atoms with van der Waals surface area (Å²) in [5.74, 6) is -0.427. The molecular formula is C33H27N3O4. The minimum Gasteiger partial charge on any atom is -0.494 e. The molecule has 2 heterocycles. The summed E-state index contributed by atoms with van der Waals surface area (Å²) in [6, 6.07) is 30.4. The number of benzene rings is 4. The topological polar surface area (TPSA) is 95.0 Å². The number of fused-ring (bicyclic) bond motifs is 2. The van der Waals surface area contributed by atoms with Crippen LogP contribution in [0.2, 0.25) is 0 Å². The Kier molecular flexibility index (Phi) is 6.62. The Morgan fingerprint density at radius 3 is 2.42 bits per heavy atom. The number of nitrogens with zero attached hydrogens (tertiary/aromatic N) is 2. The zero-order chi connectivity index (χ0) is 27.6. The van der Waals surface area contributed by atoms with Crippen molar-refractivity contribution in [3.63, 3.8) is 0 Å². The van der Waals surface area contributed by atoms with Gasteiger partial charge < -0.3 is 19.7 Å². The average molecular weight is 530 g/mol. The summed E-state index contributed by atoms with van der Waals surface area (Å²) in [7, 11) is 1.33. The van der Waals surface area contributed by atoms with Crippen LogP contribution in [-0.4, -0.2) is 41.3 Å². The summed E-state index contributed by atoms with van der Waals surface area (Å²) in [5, 5.41) is 11.7. The summed E-state index contributed by atoms with van der Waals surface area (Å²) in [5.41, 5.74) is 6.61. The summed E-state index contributed by atoms with van der Waals surface area (Å²) < 4.78 is 4.84. The third-order valence-corrected chi connectivity index (χ3v) is 7.18. The number of ether oxygens (including phenoxy) is 1. The van der Waals surface area contributed by atoms with Crippen LogP contribution in [0.3, 0.4) is 0 Å². The molecule has 2 N–H and O–H groups in total. The number of anilines is 1. The molecule has 0 unspecified atom stereocenters. The van der Waals surface area contributed by atoms with Gasteiger partial charge in [-0.05, 0) is 47.9 Å². The zero-order valence-electron chi connectivity index (χ0n) is 21.9. The van der Waals surface area contributed by atoms with Gasteiger partial charge in [0.05, 0.1) is 36.1 Å². The van der Waals surface area contributed by atoms with Gasteiger partial charge in [0.25, 0.3) is 0 Å². The molecule has 1 aromatic heterocycles. The van der Waals surface area contributed by atoms with Crippen LogP contribution in [0.1, 0.15) is 32.6 Å². The molecule has 0 saturated heterocycles. The van der Waals surface area contributed by atoms with E-state index in [9.17, 15) is 14.7 Å². The van der Waals surface area contributed by atoms with Crippen LogP contribution in [0.5, 0.6) is 5.88 Å². The number of rotatable bonds is 6. The maximum absolute atomic E-state index is 13.1. The number of aliphatic imine (C=N–C) groups is 1. The Morgan fingerprint density at radius 1 is 0.925 bits per heavy atom. The molecule has 40 heavy (non-hydrogen) atoms. The molecule has 7 nitrogen and oxygen atoms in total. The van der Waals surface area contributed by atoms with Gasteiger partial charge in [0, 0.05) is 28.7 Å². The summed E-state index contributed by atoms with van der Waals surface area (Å²) >= 11 is 0. The normalized spacial score (nSPS) is 12.9. The summed E-state index contributed by atoms with van der Waals surface area (Å²) in [6.45, 7) is 0.630. The number of carbonyl (C=O) groups is 2. The predicted molar refractivity (Wildman–Crippen MR) is 156 cm³/mol. The fraction of sp³-hybridized carbons (Fsp3) is 0.121. The largest absolute Gasteiger partial charge is 0.494 e. The minimum absolute atomic E-state index is 0.0431. The molecule has 0 fully saturated rings. The van der Waals surface area contributed by atoms with E-state index in [4.69, 9.17) is 9.73 Å². The number of H-pyrrole nitrogens is 1. The Bertz CT molecular complexity index is 1760. The molecule has 6 rings (SSSR count). The fourth-order valence-corrected chi connectivity index (χ4v) is 5.24. The maximum Gasteiger partial charge on any atom is 0.337 e. The lowest BCUT2D eigenvalue weighted by Crippen LogP contribution is -2.30. The van der Waals surface area contributed by atoms with Crippen molar-refractivity contribution in [2.24, 2.45) is 4.99 Å². The van der Waals surface area contributed by atoms with Crippen molar-refractivity contribution in [2.45, 2.75) is 12.8 Å². The van der Waals surface area contributed by atoms with Gasteiger partial charge in [-0.15, -0.1) is 0 Å². The van der Waals surface area contributed by atoms with E-state index < -0.39 is 5.97 Å². The first kappa shape index (κ1) is 25.1. The highest BCUT2D eigenvalue weighted by Crippen LogP contribution is 2.35. The highest BCUT2D eigenvalue weighted by atomic mass is 16.5. The van der Waals surface area contributed by atoms with Crippen LogP contribution >= 0.6 is 0 Å². The predicted octanol–water partition coefficient (Wildman–Crippen LogP) is 5.96. The second kappa shape index (κ2) is 10.5. The van der Waals surface area contributed by atoms with E-state index >= 15 is 0 Å². The van der Waals surface area contributed by atoms with Crippen molar-refractivity contribution in [3.8, 4) is 5.88 Å². The first-order valence-corrected chi connectivity index (χ1v) is 13.1. The van der Waals surface area contributed by atoms with Crippen molar-refractivity contribution < 1.29 is 19.4 Å². The smallest absolute Gasteiger partial charge is 0.337 e. The molecule has 1 aliphatic rings. The van der Waals surface area contributed by atoms with Gasteiger partial charge in [-0.3, -0.25) is 4.79 Å². The van der Waals surface area contributed by atoms with E-state index in [0.29, 0.717) is 35.3 Å². The van der Waals surface area contributed by atoms with Crippen LogP contribution < -0.4 is 4.90 Å². The number of carbonyl (C=O) groups excluding carboxylic acids is 2. The number of amides is 1. The lowest BCUT2D eigenvalue weighted by Gasteiger charge is -2.17. The second-order valence-corrected chi connectivity index (χ2v) is 9.70. The van der Waals surface area contributed by atoms with E-state index in [2.05, 4.69) is 4.98 Å². The lowest BCUT2D eigenvalue weighted by molar-refractivity contribution is -0.117. The van der Waals surface area contributed by atoms with Crippen LogP contribution in [0.25, 0.3) is 10.9 Å².